The highest BCUT2D eigenvalue weighted by Crippen LogP contribution is 2.37. The Morgan fingerprint density at radius 2 is 1.76 bits per heavy atom. The first-order valence-corrected chi connectivity index (χ1v) is 10.4. The highest BCUT2D eigenvalue weighted by molar-refractivity contribution is 5.83. The molecule has 1 fully saturated rings. The number of carbonyl (C=O) groups excluding carboxylic acids is 2. The maximum absolute atomic E-state index is 13.2. The zero-order valence-corrected chi connectivity index (χ0v) is 17.7. The van der Waals surface area contributed by atoms with Crippen LogP contribution in [0.25, 0.3) is 11.1 Å². The molecule has 0 spiro atoms. The van der Waals surface area contributed by atoms with Gasteiger partial charge in [-0.3, -0.25) is 14.6 Å². The fraction of sp³-hybridized carbons (Fsp3) is 0.458. The lowest BCUT2D eigenvalue weighted by atomic mass is 9.72. The van der Waals surface area contributed by atoms with Crippen LogP contribution in [-0.2, 0) is 16.0 Å². The van der Waals surface area contributed by atoms with Crippen LogP contribution < -0.4 is 0 Å². The first-order valence-electron chi connectivity index (χ1n) is 10.4. The first-order chi connectivity index (χ1) is 13.9. The number of piperidine rings is 1. The standard InChI is InChI=1S/C24H31N3O2/c1-4-6-22(28)27-15-11-24(12-16-27,23(29)26(2)3)18-19-7-5-8-21(17-19)20-9-13-25-14-10-20/h5,7-10,13-14,17H,4,6,11-12,15-16,18H2,1-3H3. The molecule has 1 aliphatic rings. The molecule has 1 aromatic heterocycles. The van der Waals surface area contributed by atoms with Crippen LogP contribution in [-0.4, -0.2) is 53.8 Å². The molecule has 0 radical (unpaired) electrons. The maximum atomic E-state index is 13.2. The Balaban J connectivity index is 1.83. The average Bonchev–Trinajstić information content (AvgIpc) is 2.74. The fourth-order valence-electron chi connectivity index (χ4n) is 4.29. The zero-order chi connectivity index (χ0) is 20.9. The molecular weight excluding hydrogens is 362 g/mol. The number of pyridine rings is 1. The lowest BCUT2D eigenvalue weighted by Crippen LogP contribution is -2.50. The van der Waals surface area contributed by atoms with Gasteiger partial charge >= 0.3 is 0 Å². The van der Waals surface area contributed by atoms with E-state index in [9.17, 15) is 9.59 Å². The third kappa shape index (κ3) is 4.84. The van der Waals surface area contributed by atoms with E-state index < -0.39 is 5.41 Å². The lowest BCUT2D eigenvalue weighted by molar-refractivity contribution is -0.146. The number of amides is 2. The predicted molar refractivity (Wildman–Crippen MR) is 115 cm³/mol. The Kier molecular flexibility index (Phi) is 6.68. The van der Waals surface area contributed by atoms with Crippen LogP contribution in [0.1, 0.15) is 38.2 Å². The lowest BCUT2D eigenvalue weighted by Gasteiger charge is -2.42. The van der Waals surface area contributed by atoms with Gasteiger partial charge in [-0.15, -0.1) is 0 Å². The van der Waals surface area contributed by atoms with E-state index in [1.54, 1.807) is 17.3 Å². The summed E-state index contributed by atoms with van der Waals surface area (Å²) in [4.78, 5) is 33.2. The zero-order valence-electron chi connectivity index (χ0n) is 17.7. The second-order valence-corrected chi connectivity index (χ2v) is 8.22. The van der Waals surface area contributed by atoms with Crippen LogP contribution in [0.5, 0.6) is 0 Å². The van der Waals surface area contributed by atoms with Crippen molar-refractivity contribution in [3.63, 3.8) is 0 Å². The van der Waals surface area contributed by atoms with Crippen LogP contribution in [0.4, 0.5) is 0 Å². The maximum Gasteiger partial charge on any atom is 0.228 e. The molecule has 0 bridgehead atoms. The van der Waals surface area contributed by atoms with Crippen molar-refractivity contribution in [2.24, 2.45) is 5.41 Å². The number of likely N-dealkylation sites (tertiary alicyclic amines) is 1. The molecule has 0 unspecified atom stereocenters. The molecule has 2 aromatic rings. The van der Waals surface area contributed by atoms with Gasteiger partial charge in [0.1, 0.15) is 0 Å². The second-order valence-electron chi connectivity index (χ2n) is 8.22. The minimum absolute atomic E-state index is 0.161. The quantitative estimate of drug-likeness (QED) is 0.750. The molecule has 154 valence electrons. The molecule has 5 heteroatoms. The van der Waals surface area contributed by atoms with Gasteiger partial charge in [-0.05, 0) is 54.5 Å². The highest BCUT2D eigenvalue weighted by atomic mass is 16.2. The number of rotatable bonds is 6. The van der Waals surface area contributed by atoms with Gasteiger partial charge in [0.25, 0.3) is 0 Å². The number of nitrogens with zero attached hydrogens (tertiary/aromatic N) is 3. The van der Waals surface area contributed by atoms with Crippen molar-refractivity contribution in [1.82, 2.24) is 14.8 Å². The summed E-state index contributed by atoms with van der Waals surface area (Å²) in [6, 6.07) is 12.4. The highest BCUT2D eigenvalue weighted by Gasteiger charge is 2.43. The van der Waals surface area contributed by atoms with Crippen LogP contribution in [0, 0.1) is 5.41 Å². The predicted octanol–water partition coefficient (Wildman–Crippen LogP) is 3.79. The number of aromatic nitrogens is 1. The summed E-state index contributed by atoms with van der Waals surface area (Å²) in [6.07, 6.45) is 7.14. The molecule has 0 atom stereocenters. The van der Waals surface area contributed by atoms with Crippen LogP contribution in [0.2, 0.25) is 0 Å². The monoisotopic (exact) mass is 393 g/mol. The molecule has 1 aromatic carbocycles. The van der Waals surface area contributed by atoms with Crippen molar-refractivity contribution < 1.29 is 9.59 Å². The summed E-state index contributed by atoms with van der Waals surface area (Å²) >= 11 is 0. The molecule has 2 amide bonds. The molecule has 2 heterocycles. The van der Waals surface area contributed by atoms with Crippen molar-refractivity contribution >= 4 is 11.8 Å². The average molecular weight is 394 g/mol. The van der Waals surface area contributed by atoms with Gasteiger partial charge in [-0.1, -0.05) is 31.2 Å². The number of hydrogen-bond acceptors (Lipinski definition) is 3. The Hall–Kier alpha value is -2.69. The SMILES string of the molecule is CCCC(=O)N1CCC(Cc2cccc(-c3ccncc3)c2)(C(=O)N(C)C)CC1. The van der Waals surface area contributed by atoms with Gasteiger partial charge < -0.3 is 9.80 Å². The van der Waals surface area contributed by atoms with Crippen molar-refractivity contribution in [3.05, 3.63) is 54.4 Å². The molecule has 0 N–H and O–H groups in total. The van der Waals surface area contributed by atoms with E-state index in [2.05, 4.69) is 29.2 Å². The van der Waals surface area contributed by atoms with E-state index in [1.165, 1.54) is 0 Å². The fourth-order valence-corrected chi connectivity index (χ4v) is 4.29. The smallest absolute Gasteiger partial charge is 0.228 e. The van der Waals surface area contributed by atoms with E-state index >= 15 is 0 Å². The summed E-state index contributed by atoms with van der Waals surface area (Å²) in [6.45, 7) is 3.34. The number of hydrogen-bond donors (Lipinski definition) is 0. The van der Waals surface area contributed by atoms with E-state index in [1.807, 2.05) is 38.1 Å². The van der Waals surface area contributed by atoms with E-state index in [4.69, 9.17) is 0 Å². The Bertz CT molecular complexity index is 840. The topological polar surface area (TPSA) is 53.5 Å². The first kappa shape index (κ1) is 21.0. The molecule has 0 aliphatic carbocycles. The molecule has 3 rings (SSSR count). The largest absolute Gasteiger partial charge is 0.348 e. The third-order valence-corrected chi connectivity index (χ3v) is 5.88. The van der Waals surface area contributed by atoms with E-state index in [-0.39, 0.29) is 11.8 Å². The minimum Gasteiger partial charge on any atom is -0.348 e. The second kappa shape index (κ2) is 9.21. The van der Waals surface area contributed by atoms with Crippen molar-refractivity contribution in [2.75, 3.05) is 27.2 Å². The van der Waals surface area contributed by atoms with Gasteiger partial charge in [0.2, 0.25) is 11.8 Å². The van der Waals surface area contributed by atoms with Gasteiger partial charge in [0.05, 0.1) is 5.41 Å². The van der Waals surface area contributed by atoms with Gasteiger partial charge in [0, 0.05) is 46.0 Å². The summed E-state index contributed by atoms with van der Waals surface area (Å²) < 4.78 is 0. The van der Waals surface area contributed by atoms with Crippen molar-refractivity contribution in [2.45, 2.75) is 39.0 Å². The third-order valence-electron chi connectivity index (χ3n) is 5.88. The molecule has 1 saturated heterocycles. The van der Waals surface area contributed by atoms with Gasteiger partial charge in [0.15, 0.2) is 0 Å². The van der Waals surface area contributed by atoms with Crippen molar-refractivity contribution in [1.29, 1.82) is 0 Å². The normalized spacial score (nSPS) is 15.8. The summed E-state index contributed by atoms with van der Waals surface area (Å²) in [5, 5.41) is 0. The van der Waals surface area contributed by atoms with Crippen molar-refractivity contribution in [3.8, 4) is 11.1 Å². The molecule has 1 aliphatic heterocycles. The number of benzene rings is 1. The summed E-state index contributed by atoms with van der Waals surface area (Å²) in [7, 11) is 3.65. The summed E-state index contributed by atoms with van der Waals surface area (Å²) in [5.41, 5.74) is 2.95. The molecule has 5 nitrogen and oxygen atoms in total. The molecule has 29 heavy (non-hydrogen) atoms. The summed E-state index contributed by atoms with van der Waals surface area (Å²) in [5.74, 6) is 0.368. The van der Waals surface area contributed by atoms with E-state index in [0.717, 1.165) is 23.1 Å². The minimum atomic E-state index is -0.455. The number of carbonyl (C=O) groups is 2. The van der Waals surface area contributed by atoms with E-state index in [0.29, 0.717) is 38.8 Å². The molecular formula is C24H31N3O2. The Morgan fingerprint density at radius 1 is 1.07 bits per heavy atom. The Morgan fingerprint density at radius 3 is 2.38 bits per heavy atom. The van der Waals surface area contributed by atoms with Gasteiger partial charge in [-0.2, -0.15) is 0 Å². The molecule has 0 saturated carbocycles. The van der Waals surface area contributed by atoms with Crippen LogP contribution in [0.15, 0.2) is 48.8 Å². The van der Waals surface area contributed by atoms with Crippen LogP contribution >= 0.6 is 0 Å². The Labute approximate surface area is 173 Å². The van der Waals surface area contributed by atoms with Crippen LogP contribution in [0.3, 0.4) is 0 Å². The van der Waals surface area contributed by atoms with Gasteiger partial charge in [-0.25, -0.2) is 0 Å².